The lowest BCUT2D eigenvalue weighted by Gasteiger charge is -2.15. The number of benzene rings is 2. The quantitative estimate of drug-likeness (QED) is 0.584. The third kappa shape index (κ3) is 3.32. The Morgan fingerprint density at radius 1 is 0.800 bits per heavy atom. The van der Waals surface area contributed by atoms with Crippen molar-refractivity contribution in [3.63, 3.8) is 0 Å². The van der Waals surface area contributed by atoms with Gasteiger partial charge in [-0.3, -0.25) is 19.3 Å². The molecule has 2 amide bonds. The third-order valence-electron chi connectivity index (χ3n) is 4.96. The maximum absolute atomic E-state index is 12.5. The SMILES string of the molecule is COc1ccc(-c2ccc(=O)n(CCN3C(=O)c4ccccc4C3=O)n2)cc1OC. The number of imide groups is 1. The van der Waals surface area contributed by atoms with Gasteiger partial charge in [-0.2, -0.15) is 5.10 Å². The van der Waals surface area contributed by atoms with Gasteiger partial charge in [-0.05, 0) is 36.4 Å². The van der Waals surface area contributed by atoms with Gasteiger partial charge >= 0.3 is 0 Å². The number of nitrogens with zero attached hydrogens (tertiary/aromatic N) is 3. The minimum atomic E-state index is -0.361. The second-order valence-electron chi connectivity index (χ2n) is 6.66. The number of carbonyl (C=O) groups is 2. The Hall–Kier alpha value is -3.94. The minimum absolute atomic E-state index is 0.0502. The highest BCUT2D eigenvalue weighted by Gasteiger charge is 2.34. The molecule has 0 N–H and O–H groups in total. The van der Waals surface area contributed by atoms with Crippen molar-refractivity contribution in [2.45, 2.75) is 6.54 Å². The highest BCUT2D eigenvalue weighted by Crippen LogP contribution is 2.31. The number of ether oxygens (including phenoxy) is 2. The second-order valence-corrected chi connectivity index (χ2v) is 6.66. The molecule has 0 aliphatic carbocycles. The van der Waals surface area contributed by atoms with Crippen LogP contribution in [0.3, 0.4) is 0 Å². The number of aromatic nitrogens is 2. The molecule has 0 spiro atoms. The van der Waals surface area contributed by atoms with Crippen molar-refractivity contribution in [2.24, 2.45) is 0 Å². The molecule has 8 nitrogen and oxygen atoms in total. The van der Waals surface area contributed by atoms with Crippen LogP contribution in [0.1, 0.15) is 20.7 Å². The van der Waals surface area contributed by atoms with Crippen LogP contribution in [-0.2, 0) is 6.54 Å². The fraction of sp³-hybridized carbons (Fsp3) is 0.182. The summed E-state index contributed by atoms with van der Waals surface area (Å²) in [6.07, 6.45) is 0. The largest absolute Gasteiger partial charge is 0.493 e. The van der Waals surface area contributed by atoms with Crippen LogP contribution in [0.2, 0.25) is 0 Å². The van der Waals surface area contributed by atoms with E-state index in [0.717, 1.165) is 10.5 Å². The first-order chi connectivity index (χ1) is 14.5. The van der Waals surface area contributed by atoms with Crippen LogP contribution in [0.5, 0.6) is 11.5 Å². The van der Waals surface area contributed by atoms with E-state index in [1.807, 2.05) is 6.07 Å². The summed E-state index contributed by atoms with van der Waals surface area (Å²) >= 11 is 0. The van der Waals surface area contributed by atoms with E-state index in [-0.39, 0.29) is 30.5 Å². The van der Waals surface area contributed by atoms with Gasteiger partial charge in [0.15, 0.2) is 11.5 Å². The van der Waals surface area contributed by atoms with Crippen molar-refractivity contribution in [1.29, 1.82) is 0 Å². The Balaban J connectivity index is 1.57. The fourth-order valence-electron chi connectivity index (χ4n) is 3.40. The highest BCUT2D eigenvalue weighted by atomic mass is 16.5. The molecule has 2 heterocycles. The van der Waals surface area contributed by atoms with E-state index in [9.17, 15) is 14.4 Å². The molecule has 3 aromatic rings. The van der Waals surface area contributed by atoms with Crippen molar-refractivity contribution in [1.82, 2.24) is 14.7 Å². The zero-order chi connectivity index (χ0) is 21.3. The molecule has 30 heavy (non-hydrogen) atoms. The zero-order valence-corrected chi connectivity index (χ0v) is 16.5. The number of rotatable bonds is 6. The Bertz CT molecular complexity index is 1170. The molecule has 0 saturated heterocycles. The summed E-state index contributed by atoms with van der Waals surface area (Å²) in [5.74, 6) is 0.403. The Labute approximate surface area is 172 Å². The van der Waals surface area contributed by atoms with Crippen LogP contribution in [0, 0.1) is 0 Å². The number of amides is 2. The van der Waals surface area contributed by atoms with Crippen LogP contribution < -0.4 is 15.0 Å². The molecule has 1 aliphatic heterocycles. The Morgan fingerprint density at radius 2 is 1.47 bits per heavy atom. The number of fused-ring (bicyclic) bond motifs is 1. The third-order valence-corrected chi connectivity index (χ3v) is 4.96. The minimum Gasteiger partial charge on any atom is -0.493 e. The van der Waals surface area contributed by atoms with Crippen LogP contribution in [0.15, 0.2) is 59.4 Å². The van der Waals surface area contributed by atoms with Gasteiger partial charge in [-0.1, -0.05) is 12.1 Å². The smallest absolute Gasteiger partial charge is 0.266 e. The fourth-order valence-corrected chi connectivity index (χ4v) is 3.40. The lowest BCUT2D eigenvalue weighted by Crippen LogP contribution is -2.35. The van der Waals surface area contributed by atoms with Crippen molar-refractivity contribution in [3.05, 3.63) is 76.1 Å². The topological polar surface area (TPSA) is 90.7 Å². The summed E-state index contributed by atoms with van der Waals surface area (Å²) in [6, 6.07) is 15.0. The van der Waals surface area contributed by atoms with E-state index in [1.54, 1.807) is 49.6 Å². The van der Waals surface area contributed by atoms with Gasteiger partial charge in [0.1, 0.15) is 0 Å². The Kier molecular flexibility index (Phi) is 5.05. The molecule has 4 rings (SSSR count). The molecule has 1 aromatic heterocycles. The molecule has 0 atom stereocenters. The highest BCUT2D eigenvalue weighted by molar-refractivity contribution is 6.21. The molecule has 0 unspecified atom stereocenters. The van der Waals surface area contributed by atoms with Gasteiger partial charge in [0, 0.05) is 18.2 Å². The summed E-state index contributed by atoms with van der Waals surface area (Å²) in [5.41, 5.74) is 1.72. The average molecular weight is 405 g/mol. The van der Waals surface area contributed by atoms with Crippen LogP contribution >= 0.6 is 0 Å². The van der Waals surface area contributed by atoms with Crippen molar-refractivity contribution in [2.75, 3.05) is 20.8 Å². The lowest BCUT2D eigenvalue weighted by atomic mass is 10.1. The maximum Gasteiger partial charge on any atom is 0.266 e. The van der Waals surface area contributed by atoms with Crippen molar-refractivity contribution in [3.8, 4) is 22.8 Å². The van der Waals surface area contributed by atoms with E-state index in [2.05, 4.69) is 5.10 Å². The van der Waals surface area contributed by atoms with Crippen LogP contribution in [0.4, 0.5) is 0 Å². The maximum atomic E-state index is 12.5. The second kappa shape index (κ2) is 7.82. The molecular formula is C22H19N3O5. The van der Waals surface area contributed by atoms with E-state index in [4.69, 9.17) is 9.47 Å². The first kappa shape index (κ1) is 19.4. The van der Waals surface area contributed by atoms with Crippen molar-refractivity contribution < 1.29 is 19.1 Å². The molecule has 2 aromatic carbocycles. The predicted octanol–water partition coefficient (Wildman–Crippen LogP) is 2.22. The molecule has 0 radical (unpaired) electrons. The monoisotopic (exact) mass is 405 g/mol. The van der Waals surface area contributed by atoms with E-state index >= 15 is 0 Å². The van der Waals surface area contributed by atoms with Gasteiger partial charge in [0.05, 0.1) is 37.6 Å². The summed E-state index contributed by atoms with van der Waals surface area (Å²) in [7, 11) is 3.09. The standard InChI is InChI=1S/C22H19N3O5/c1-29-18-9-7-14(13-19(18)30-2)17-8-10-20(26)25(23-17)12-11-24-21(27)15-5-3-4-6-16(15)22(24)28/h3-10,13H,11-12H2,1-2H3. The first-order valence-electron chi connectivity index (χ1n) is 9.29. The zero-order valence-electron chi connectivity index (χ0n) is 16.5. The lowest BCUT2D eigenvalue weighted by molar-refractivity contribution is 0.0647. The normalized spacial score (nSPS) is 12.8. The van der Waals surface area contributed by atoms with E-state index in [0.29, 0.717) is 28.3 Å². The van der Waals surface area contributed by atoms with Gasteiger partial charge in [0.2, 0.25) is 0 Å². The molecule has 1 aliphatic rings. The summed E-state index contributed by atoms with van der Waals surface area (Å²) < 4.78 is 11.8. The molecule has 152 valence electrons. The predicted molar refractivity (Wildman–Crippen MR) is 109 cm³/mol. The molecule has 8 heteroatoms. The van der Waals surface area contributed by atoms with Gasteiger partial charge in [-0.15, -0.1) is 0 Å². The summed E-state index contributed by atoms with van der Waals surface area (Å²) in [4.78, 5) is 38.4. The number of hydrogen-bond acceptors (Lipinski definition) is 6. The van der Waals surface area contributed by atoms with Crippen molar-refractivity contribution >= 4 is 11.8 Å². The molecular weight excluding hydrogens is 386 g/mol. The number of hydrogen-bond donors (Lipinski definition) is 0. The molecule has 0 fully saturated rings. The van der Waals surface area contributed by atoms with Crippen LogP contribution in [-0.4, -0.2) is 47.3 Å². The average Bonchev–Trinajstić information content (AvgIpc) is 3.02. The van der Waals surface area contributed by atoms with Gasteiger partial charge in [0.25, 0.3) is 17.4 Å². The molecule has 0 saturated carbocycles. The number of carbonyl (C=O) groups excluding carboxylic acids is 2. The molecule has 0 bridgehead atoms. The van der Waals surface area contributed by atoms with Crippen LogP contribution in [0.25, 0.3) is 11.3 Å². The summed E-state index contributed by atoms with van der Waals surface area (Å²) in [6.45, 7) is 0.139. The van der Waals surface area contributed by atoms with Gasteiger partial charge in [-0.25, -0.2) is 4.68 Å². The summed E-state index contributed by atoms with van der Waals surface area (Å²) in [5, 5.41) is 4.39. The number of methoxy groups -OCH3 is 2. The van der Waals surface area contributed by atoms with Gasteiger partial charge < -0.3 is 9.47 Å². The Morgan fingerprint density at radius 3 is 2.10 bits per heavy atom. The first-order valence-corrected chi connectivity index (χ1v) is 9.29. The van der Waals surface area contributed by atoms with E-state index < -0.39 is 0 Å². The van der Waals surface area contributed by atoms with E-state index in [1.165, 1.54) is 17.9 Å².